The summed E-state index contributed by atoms with van der Waals surface area (Å²) in [7, 11) is 3.97. The van der Waals surface area contributed by atoms with Gasteiger partial charge in [0.2, 0.25) is 0 Å². The van der Waals surface area contributed by atoms with Crippen molar-refractivity contribution in [1.82, 2.24) is 4.90 Å². The largest absolute Gasteiger partial charge is 0.488 e. The van der Waals surface area contributed by atoms with E-state index < -0.39 is 6.10 Å². The molecule has 0 bridgehead atoms. The molecule has 5 heteroatoms. The summed E-state index contributed by atoms with van der Waals surface area (Å²) >= 11 is 0. The second-order valence-corrected chi connectivity index (χ2v) is 7.38. The average Bonchev–Trinajstić information content (AvgIpc) is 2.65. The number of amides is 1. The molecule has 2 aromatic carbocycles. The minimum Gasteiger partial charge on any atom is -0.488 e. The molecule has 0 aliphatic heterocycles. The molecular formula is C22H28N2O3. The summed E-state index contributed by atoms with van der Waals surface area (Å²) in [6.07, 6.45) is 3.28. The van der Waals surface area contributed by atoms with Gasteiger partial charge in [-0.2, -0.15) is 0 Å². The van der Waals surface area contributed by atoms with Crippen molar-refractivity contribution in [3.8, 4) is 5.75 Å². The van der Waals surface area contributed by atoms with Gasteiger partial charge in [-0.1, -0.05) is 24.6 Å². The lowest BCUT2D eigenvalue weighted by Gasteiger charge is -2.28. The summed E-state index contributed by atoms with van der Waals surface area (Å²) in [6, 6.07) is 15.0. The molecule has 5 nitrogen and oxygen atoms in total. The number of benzene rings is 2. The highest BCUT2D eigenvalue weighted by atomic mass is 16.5. The van der Waals surface area contributed by atoms with Gasteiger partial charge in [0, 0.05) is 17.8 Å². The van der Waals surface area contributed by atoms with Crippen LogP contribution in [0.3, 0.4) is 0 Å². The van der Waals surface area contributed by atoms with Gasteiger partial charge in [-0.15, -0.1) is 0 Å². The van der Waals surface area contributed by atoms with E-state index in [0.717, 1.165) is 36.9 Å². The molecule has 2 N–H and O–H groups in total. The number of ether oxygens (including phenoxy) is 1. The molecule has 3 rings (SSSR count). The SMILES string of the molecule is CN(C)Cc1ccccc1C(=O)Nc1ccc(O[C@@H]2CCCC[C@H]2O)cc1. The first-order valence-corrected chi connectivity index (χ1v) is 9.51. The molecule has 1 fully saturated rings. The third-order valence-electron chi connectivity index (χ3n) is 4.82. The molecule has 0 heterocycles. The predicted octanol–water partition coefficient (Wildman–Crippen LogP) is 3.68. The summed E-state index contributed by atoms with van der Waals surface area (Å²) < 4.78 is 5.91. The number of nitrogens with one attached hydrogen (secondary N) is 1. The van der Waals surface area contributed by atoms with Crippen LogP contribution >= 0.6 is 0 Å². The predicted molar refractivity (Wildman–Crippen MR) is 107 cm³/mol. The number of carbonyl (C=O) groups is 1. The lowest BCUT2D eigenvalue weighted by molar-refractivity contribution is 0.00688. The van der Waals surface area contributed by atoms with Crippen molar-refractivity contribution in [2.24, 2.45) is 0 Å². The van der Waals surface area contributed by atoms with E-state index in [0.29, 0.717) is 17.9 Å². The maximum Gasteiger partial charge on any atom is 0.255 e. The molecule has 1 aliphatic rings. The quantitative estimate of drug-likeness (QED) is 0.816. The summed E-state index contributed by atoms with van der Waals surface area (Å²) in [5.74, 6) is 0.593. The van der Waals surface area contributed by atoms with Crippen molar-refractivity contribution in [3.63, 3.8) is 0 Å². The highest BCUT2D eigenvalue weighted by Crippen LogP contribution is 2.25. The molecule has 0 unspecified atom stereocenters. The first-order chi connectivity index (χ1) is 13.0. The summed E-state index contributed by atoms with van der Waals surface area (Å²) in [6.45, 7) is 0.708. The fraction of sp³-hybridized carbons (Fsp3) is 0.409. The molecule has 0 saturated heterocycles. The Morgan fingerprint density at radius 1 is 1.11 bits per heavy atom. The molecule has 1 saturated carbocycles. The topological polar surface area (TPSA) is 61.8 Å². The van der Waals surface area contributed by atoms with Crippen molar-refractivity contribution in [2.45, 2.75) is 44.4 Å². The zero-order valence-electron chi connectivity index (χ0n) is 16.0. The lowest BCUT2D eigenvalue weighted by Crippen LogP contribution is -2.34. The minimum absolute atomic E-state index is 0.121. The molecule has 0 aromatic heterocycles. The Balaban J connectivity index is 1.64. The van der Waals surface area contributed by atoms with E-state index >= 15 is 0 Å². The Hall–Kier alpha value is -2.37. The number of aliphatic hydroxyl groups excluding tert-OH is 1. The first kappa shape index (κ1) is 19.4. The maximum absolute atomic E-state index is 12.7. The van der Waals surface area contributed by atoms with E-state index in [9.17, 15) is 9.90 Å². The maximum atomic E-state index is 12.7. The summed E-state index contributed by atoms with van der Waals surface area (Å²) in [5, 5.41) is 13.0. The van der Waals surface area contributed by atoms with Gasteiger partial charge in [0.25, 0.3) is 5.91 Å². The molecule has 1 aliphatic carbocycles. The first-order valence-electron chi connectivity index (χ1n) is 9.51. The lowest BCUT2D eigenvalue weighted by atomic mass is 9.95. The van der Waals surface area contributed by atoms with E-state index in [1.165, 1.54) is 0 Å². The Bertz CT molecular complexity index is 758. The van der Waals surface area contributed by atoms with Crippen LogP contribution in [0.15, 0.2) is 48.5 Å². The van der Waals surface area contributed by atoms with Crippen LogP contribution in [-0.2, 0) is 6.54 Å². The van der Waals surface area contributed by atoms with Crippen LogP contribution in [-0.4, -0.2) is 42.2 Å². The van der Waals surface area contributed by atoms with Gasteiger partial charge in [0.05, 0.1) is 6.10 Å². The molecule has 2 aromatic rings. The van der Waals surface area contributed by atoms with Crippen LogP contribution in [0.1, 0.15) is 41.6 Å². The van der Waals surface area contributed by atoms with E-state index in [1.807, 2.05) is 67.5 Å². The highest BCUT2D eigenvalue weighted by Gasteiger charge is 2.24. The zero-order valence-corrected chi connectivity index (χ0v) is 16.0. The van der Waals surface area contributed by atoms with Crippen LogP contribution in [0.25, 0.3) is 0 Å². The van der Waals surface area contributed by atoms with Crippen LogP contribution in [0.5, 0.6) is 5.75 Å². The Morgan fingerprint density at radius 3 is 2.52 bits per heavy atom. The molecule has 1 amide bonds. The number of hydrogen-bond acceptors (Lipinski definition) is 4. The van der Waals surface area contributed by atoms with Gasteiger partial charge in [-0.05, 0) is 69.3 Å². The van der Waals surface area contributed by atoms with E-state index in [4.69, 9.17) is 4.74 Å². The normalized spacial score (nSPS) is 19.7. The van der Waals surface area contributed by atoms with Gasteiger partial charge in [0.15, 0.2) is 0 Å². The highest BCUT2D eigenvalue weighted by molar-refractivity contribution is 6.05. The van der Waals surface area contributed by atoms with Crippen LogP contribution in [0, 0.1) is 0 Å². The third-order valence-corrected chi connectivity index (χ3v) is 4.82. The van der Waals surface area contributed by atoms with Crippen molar-refractivity contribution in [2.75, 3.05) is 19.4 Å². The smallest absolute Gasteiger partial charge is 0.255 e. The monoisotopic (exact) mass is 368 g/mol. The number of anilines is 1. The van der Waals surface area contributed by atoms with Crippen molar-refractivity contribution >= 4 is 11.6 Å². The molecule has 0 radical (unpaired) electrons. The standard InChI is InChI=1S/C22H28N2O3/c1-24(2)15-16-7-3-4-8-19(16)22(26)23-17-11-13-18(14-12-17)27-21-10-6-5-9-20(21)25/h3-4,7-8,11-14,20-21,25H,5-6,9-10,15H2,1-2H3,(H,23,26)/t20-,21-/m1/s1. The molecule has 27 heavy (non-hydrogen) atoms. The minimum atomic E-state index is -0.397. The fourth-order valence-corrected chi connectivity index (χ4v) is 3.43. The van der Waals surface area contributed by atoms with Crippen LogP contribution in [0.4, 0.5) is 5.69 Å². The molecule has 2 atom stereocenters. The third kappa shape index (κ3) is 5.31. The van der Waals surface area contributed by atoms with Gasteiger partial charge >= 0.3 is 0 Å². The van der Waals surface area contributed by atoms with Gasteiger partial charge in [-0.3, -0.25) is 4.79 Å². The Morgan fingerprint density at radius 2 is 1.81 bits per heavy atom. The number of rotatable bonds is 6. The van der Waals surface area contributed by atoms with Crippen molar-refractivity contribution in [3.05, 3.63) is 59.7 Å². The number of aliphatic hydroxyl groups is 1. The van der Waals surface area contributed by atoms with Crippen LogP contribution in [0.2, 0.25) is 0 Å². The number of nitrogens with zero attached hydrogens (tertiary/aromatic N) is 1. The van der Waals surface area contributed by atoms with Gasteiger partial charge < -0.3 is 20.1 Å². The molecule has 0 spiro atoms. The van der Waals surface area contributed by atoms with E-state index in [-0.39, 0.29) is 12.0 Å². The second kappa shape index (κ2) is 9.02. The van der Waals surface area contributed by atoms with Gasteiger partial charge in [0.1, 0.15) is 11.9 Å². The number of hydrogen-bond donors (Lipinski definition) is 2. The van der Waals surface area contributed by atoms with Crippen molar-refractivity contribution in [1.29, 1.82) is 0 Å². The summed E-state index contributed by atoms with van der Waals surface area (Å²) in [5.41, 5.74) is 2.39. The summed E-state index contributed by atoms with van der Waals surface area (Å²) in [4.78, 5) is 14.7. The fourth-order valence-electron chi connectivity index (χ4n) is 3.43. The molecular weight excluding hydrogens is 340 g/mol. The van der Waals surface area contributed by atoms with Crippen LogP contribution < -0.4 is 10.1 Å². The number of carbonyl (C=O) groups excluding carboxylic acids is 1. The Kier molecular flexibility index (Phi) is 6.48. The van der Waals surface area contributed by atoms with E-state index in [1.54, 1.807) is 0 Å². The average molecular weight is 368 g/mol. The molecule has 144 valence electrons. The second-order valence-electron chi connectivity index (χ2n) is 7.38. The Labute approximate surface area is 161 Å². The van der Waals surface area contributed by atoms with E-state index in [2.05, 4.69) is 5.32 Å². The zero-order chi connectivity index (χ0) is 19.2. The van der Waals surface area contributed by atoms with Gasteiger partial charge in [-0.25, -0.2) is 0 Å². The van der Waals surface area contributed by atoms with Crippen molar-refractivity contribution < 1.29 is 14.6 Å².